The predicted molar refractivity (Wildman–Crippen MR) is 89.1 cm³/mol. The number of amides is 1. The van der Waals surface area contributed by atoms with Crippen molar-refractivity contribution in [1.29, 1.82) is 0 Å². The maximum Gasteiger partial charge on any atom is 0.239 e. The van der Waals surface area contributed by atoms with Gasteiger partial charge in [-0.05, 0) is 37.0 Å². The first-order valence-electron chi connectivity index (χ1n) is 7.05. The minimum Gasteiger partial charge on any atom is -0.496 e. The highest BCUT2D eigenvalue weighted by atomic mass is 35.5. The predicted octanol–water partition coefficient (Wildman–Crippen LogP) is 2.82. The Balaban J connectivity index is 0.00000400. The second-order valence-corrected chi connectivity index (χ2v) is 5.35. The molecule has 0 aliphatic heterocycles. The van der Waals surface area contributed by atoms with E-state index in [9.17, 15) is 4.79 Å². The van der Waals surface area contributed by atoms with E-state index in [1.165, 1.54) is 0 Å². The van der Waals surface area contributed by atoms with Gasteiger partial charge in [-0.15, -0.1) is 12.4 Å². The Hall–Kier alpha value is -1.26. The van der Waals surface area contributed by atoms with Crippen molar-refractivity contribution in [2.24, 2.45) is 5.73 Å². The second kappa shape index (κ2) is 8.90. The molecule has 1 aromatic rings. The normalized spacial score (nSPS) is 11.5. The molecule has 5 heteroatoms. The molecule has 1 rings (SSSR count). The number of carbonyl (C=O) groups is 1. The van der Waals surface area contributed by atoms with Crippen LogP contribution in [0.4, 0.5) is 0 Å². The molecule has 0 fully saturated rings. The third-order valence-electron chi connectivity index (χ3n) is 3.44. The largest absolute Gasteiger partial charge is 0.496 e. The summed E-state index contributed by atoms with van der Waals surface area (Å²) >= 11 is 0. The minimum absolute atomic E-state index is 0. The maximum absolute atomic E-state index is 12.1. The number of nitrogens with zero attached hydrogens (tertiary/aromatic N) is 1. The fourth-order valence-electron chi connectivity index (χ4n) is 2.52. The zero-order valence-electron chi connectivity index (χ0n) is 13.6. The standard InChI is InChI=1S/C16H26N2O2.ClH/c1-6-7-14(17)16(19)18(4)10-13-8-11(2)15(20-5)12(3)9-13;/h8-9,14H,6-7,10,17H2,1-5H3;1H. The Labute approximate surface area is 134 Å². The number of nitrogens with two attached hydrogens (primary N) is 1. The zero-order valence-corrected chi connectivity index (χ0v) is 14.4. The quantitative estimate of drug-likeness (QED) is 0.878. The van der Waals surface area contributed by atoms with Gasteiger partial charge in [0.2, 0.25) is 5.91 Å². The lowest BCUT2D eigenvalue weighted by Gasteiger charge is -2.22. The summed E-state index contributed by atoms with van der Waals surface area (Å²) in [5.74, 6) is 0.906. The van der Waals surface area contributed by atoms with Crippen LogP contribution in [0.25, 0.3) is 0 Å². The van der Waals surface area contributed by atoms with Crippen LogP contribution in [0.15, 0.2) is 12.1 Å². The van der Waals surface area contributed by atoms with Gasteiger partial charge in [-0.2, -0.15) is 0 Å². The Morgan fingerprint density at radius 3 is 2.29 bits per heavy atom. The first-order valence-corrected chi connectivity index (χ1v) is 7.05. The van der Waals surface area contributed by atoms with Gasteiger partial charge in [0, 0.05) is 13.6 Å². The van der Waals surface area contributed by atoms with Gasteiger partial charge in [0.15, 0.2) is 0 Å². The van der Waals surface area contributed by atoms with Crippen molar-refractivity contribution >= 4 is 18.3 Å². The molecular weight excluding hydrogens is 288 g/mol. The van der Waals surface area contributed by atoms with Crippen LogP contribution in [0.5, 0.6) is 5.75 Å². The number of halogens is 1. The molecule has 1 atom stereocenters. The topological polar surface area (TPSA) is 55.6 Å². The molecular formula is C16H27ClN2O2. The Kier molecular flexibility index (Phi) is 8.37. The van der Waals surface area contributed by atoms with Gasteiger partial charge in [0.1, 0.15) is 5.75 Å². The van der Waals surface area contributed by atoms with Gasteiger partial charge in [-0.3, -0.25) is 4.79 Å². The molecule has 0 heterocycles. The van der Waals surface area contributed by atoms with Crippen molar-refractivity contribution in [3.63, 3.8) is 0 Å². The van der Waals surface area contributed by atoms with E-state index in [0.29, 0.717) is 6.54 Å². The molecule has 0 aliphatic rings. The number of rotatable bonds is 6. The minimum atomic E-state index is -0.398. The fourth-order valence-corrected chi connectivity index (χ4v) is 2.52. The number of hydrogen-bond acceptors (Lipinski definition) is 3. The van der Waals surface area contributed by atoms with E-state index in [4.69, 9.17) is 10.5 Å². The highest BCUT2D eigenvalue weighted by Crippen LogP contribution is 2.24. The summed E-state index contributed by atoms with van der Waals surface area (Å²) in [4.78, 5) is 13.8. The molecule has 2 N–H and O–H groups in total. The average Bonchev–Trinajstić information content (AvgIpc) is 2.37. The summed E-state index contributed by atoms with van der Waals surface area (Å²) in [6.07, 6.45) is 1.64. The summed E-state index contributed by atoms with van der Waals surface area (Å²) in [7, 11) is 3.47. The van der Waals surface area contributed by atoms with E-state index in [1.54, 1.807) is 19.1 Å². The molecule has 0 aromatic heterocycles. The molecule has 0 saturated heterocycles. The monoisotopic (exact) mass is 314 g/mol. The van der Waals surface area contributed by atoms with Crippen LogP contribution in [-0.2, 0) is 11.3 Å². The third kappa shape index (κ3) is 5.21. The van der Waals surface area contributed by atoms with E-state index in [2.05, 4.69) is 12.1 Å². The van der Waals surface area contributed by atoms with Crippen LogP contribution in [0.1, 0.15) is 36.5 Å². The van der Waals surface area contributed by atoms with Crippen LogP contribution >= 0.6 is 12.4 Å². The van der Waals surface area contributed by atoms with Crippen molar-refractivity contribution in [3.8, 4) is 5.75 Å². The van der Waals surface area contributed by atoms with Crippen LogP contribution in [0.3, 0.4) is 0 Å². The van der Waals surface area contributed by atoms with Crippen molar-refractivity contribution in [3.05, 3.63) is 28.8 Å². The molecule has 1 unspecified atom stereocenters. The van der Waals surface area contributed by atoms with E-state index in [-0.39, 0.29) is 18.3 Å². The number of aryl methyl sites for hydroxylation is 2. The number of carbonyl (C=O) groups excluding carboxylic acids is 1. The summed E-state index contributed by atoms with van der Waals surface area (Å²) < 4.78 is 5.35. The van der Waals surface area contributed by atoms with Crippen LogP contribution < -0.4 is 10.5 Å². The van der Waals surface area contributed by atoms with Gasteiger partial charge < -0.3 is 15.4 Å². The second-order valence-electron chi connectivity index (χ2n) is 5.35. The number of hydrogen-bond donors (Lipinski definition) is 1. The zero-order chi connectivity index (χ0) is 15.3. The molecule has 1 amide bonds. The molecule has 0 saturated carbocycles. The molecule has 0 aliphatic carbocycles. The molecule has 21 heavy (non-hydrogen) atoms. The average molecular weight is 315 g/mol. The highest BCUT2D eigenvalue weighted by molar-refractivity contribution is 5.85. The van der Waals surface area contributed by atoms with E-state index in [0.717, 1.165) is 35.3 Å². The fraction of sp³-hybridized carbons (Fsp3) is 0.562. The van der Waals surface area contributed by atoms with Gasteiger partial charge >= 0.3 is 0 Å². The van der Waals surface area contributed by atoms with Crippen molar-refractivity contribution in [1.82, 2.24) is 4.90 Å². The van der Waals surface area contributed by atoms with Crippen LogP contribution in [0, 0.1) is 13.8 Å². The van der Waals surface area contributed by atoms with Crippen LogP contribution in [0.2, 0.25) is 0 Å². The summed E-state index contributed by atoms with van der Waals surface area (Å²) in [6.45, 7) is 6.63. The summed E-state index contributed by atoms with van der Waals surface area (Å²) in [5.41, 5.74) is 9.14. The van der Waals surface area contributed by atoms with E-state index >= 15 is 0 Å². The molecule has 120 valence electrons. The van der Waals surface area contributed by atoms with Gasteiger partial charge in [-0.1, -0.05) is 25.5 Å². The highest BCUT2D eigenvalue weighted by Gasteiger charge is 2.17. The Bertz CT molecular complexity index is 454. The van der Waals surface area contributed by atoms with Crippen LogP contribution in [-0.4, -0.2) is 31.0 Å². The molecule has 1 aromatic carbocycles. The lowest BCUT2D eigenvalue weighted by molar-refractivity contribution is -0.132. The maximum atomic E-state index is 12.1. The molecule has 0 radical (unpaired) electrons. The number of methoxy groups -OCH3 is 1. The van der Waals surface area contributed by atoms with Gasteiger partial charge in [0.05, 0.1) is 13.2 Å². The molecule has 0 bridgehead atoms. The SMILES string of the molecule is CCCC(N)C(=O)N(C)Cc1cc(C)c(OC)c(C)c1.Cl. The summed E-state index contributed by atoms with van der Waals surface area (Å²) in [6, 6.07) is 3.72. The van der Waals surface area contributed by atoms with E-state index < -0.39 is 6.04 Å². The number of likely N-dealkylation sites (N-methyl/N-ethyl adjacent to an activating group) is 1. The number of ether oxygens (including phenoxy) is 1. The molecule has 4 nitrogen and oxygen atoms in total. The smallest absolute Gasteiger partial charge is 0.239 e. The van der Waals surface area contributed by atoms with Crippen molar-refractivity contribution < 1.29 is 9.53 Å². The first-order chi connectivity index (χ1) is 9.40. The lowest BCUT2D eigenvalue weighted by atomic mass is 10.0. The van der Waals surface area contributed by atoms with E-state index in [1.807, 2.05) is 20.8 Å². The first kappa shape index (κ1) is 19.7. The number of benzene rings is 1. The lowest BCUT2D eigenvalue weighted by Crippen LogP contribution is -2.41. The van der Waals surface area contributed by atoms with Crippen molar-refractivity contribution in [2.45, 2.75) is 46.2 Å². The van der Waals surface area contributed by atoms with Gasteiger partial charge in [-0.25, -0.2) is 0 Å². The van der Waals surface area contributed by atoms with Gasteiger partial charge in [0.25, 0.3) is 0 Å². The summed E-state index contributed by atoms with van der Waals surface area (Å²) in [5, 5.41) is 0. The molecule has 0 spiro atoms. The third-order valence-corrected chi connectivity index (χ3v) is 3.44. The Morgan fingerprint density at radius 2 is 1.86 bits per heavy atom. The Morgan fingerprint density at radius 1 is 1.33 bits per heavy atom. The van der Waals surface area contributed by atoms with Crippen molar-refractivity contribution in [2.75, 3.05) is 14.2 Å².